The van der Waals surface area contributed by atoms with Crippen LogP contribution in [0.4, 0.5) is 5.82 Å². The second kappa shape index (κ2) is 5.53. The summed E-state index contributed by atoms with van der Waals surface area (Å²) in [6.07, 6.45) is 0. The topological polar surface area (TPSA) is 34.1 Å². The number of hydrogen-bond donors (Lipinski definition) is 1. The van der Waals surface area contributed by atoms with E-state index in [1.54, 1.807) is 0 Å². The molecular weight excluding hydrogens is 248 g/mol. The number of ether oxygens (including phenoxy) is 1. The van der Waals surface area contributed by atoms with Crippen LogP contribution in [0.15, 0.2) is 36.4 Å². The molecule has 0 unspecified atom stereocenters. The Bertz CT molecular complexity index is 580. The van der Waals surface area contributed by atoms with Crippen LogP contribution < -0.4 is 10.1 Å². The number of aryl methyl sites for hydroxylation is 2. The van der Waals surface area contributed by atoms with E-state index in [0.717, 1.165) is 11.6 Å². The zero-order valence-electron chi connectivity index (χ0n) is 12.8. The predicted molar refractivity (Wildman–Crippen MR) is 83.6 cm³/mol. The third-order valence-corrected chi connectivity index (χ3v) is 2.64. The quantitative estimate of drug-likeness (QED) is 0.877. The summed E-state index contributed by atoms with van der Waals surface area (Å²) in [5.41, 5.74) is 2.35. The van der Waals surface area contributed by atoms with Gasteiger partial charge in [0, 0.05) is 11.6 Å². The zero-order chi connectivity index (χ0) is 14.8. The first-order chi connectivity index (χ1) is 9.32. The third kappa shape index (κ3) is 4.26. The van der Waals surface area contributed by atoms with E-state index in [2.05, 4.69) is 51.0 Å². The summed E-state index contributed by atoms with van der Waals surface area (Å²) < 4.78 is 5.84. The first kappa shape index (κ1) is 14.4. The highest BCUT2D eigenvalue weighted by atomic mass is 16.5. The Morgan fingerprint density at radius 2 is 1.65 bits per heavy atom. The van der Waals surface area contributed by atoms with Gasteiger partial charge in [-0.05, 0) is 63.9 Å². The Morgan fingerprint density at radius 3 is 2.25 bits per heavy atom. The number of nitrogens with one attached hydrogen (secondary N) is 1. The van der Waals surface area contributed by atoms with Crippen molar-refractivity contribution in [2.45, 2.75) is 40.2 Å². The van der Waals surface area contributed by atoms with Crippen LogP contribution in [0.2, 0.25) is 0 Å². The van der Waals surface area contributed by atoms with Crippen molar-refractivity contribution >= 4 is 5.82 Å². The highest BCUT2D eigenvalue weighted by molar-refractivity contribution is 5.41. The van der Waals surface area contributed by atoms with E-state index in [9.17, 15) is 0 Å². The van der Waals surface area contributed by atoms with Crippen molar-refractivity contribution in [1.29, 1.82) is 0 Å². The molecule has 0 aliphatic carbocycles. The van der Waals surface area contributed by atoms with Gasteiger partial charge in [0.15, 0.2) is 0 Å². The Kier molecular flexibility index (Phi) is 3.98. The monoisotopic (exact) mass is 270 g/mol. The number of rotatable bonds is 3. The molecule has 1 heterocycles. The molecule has 3 heteroatoms. The van der Waals surface area contributed by atoms with Crippen LogP contribution >= 0.6 is 0 Å². The van der Waals surface area contributed by atoms with E-state index in [0.29, 0.717) is 5.88 Å². The number of aromatic nitrogens is 1. The molecule has 20 heavy (non-hydrogen) atoms. The normalized spacial score (nSPS) is 11.2. The Balaban J connectivity index is 2.19. The summed E-state index contributed by atoms with van der Waals surface area (Å²) in [6, 6.07) is 11.9. The van der Waals surface area contributed by atoms with E-state index in [-0.39, 0.29) is 5.54 Å². The Labute approximate surface area is 121 Å². The largest absolute Gasteiger partial charge is 0.439 e. The molecule has 1 N–H and O–H groups in total. The Hall–Kier alpha value is -2.03. The molecule has 3 nitrogen and oxygen atoms in total. The van der Waals surface area contributed by atoms with E-state index >= 15 is 0 Å². The molecule has 1 aromatic heterocycles. The van der Waals surface area contributed by atoms with Crippen molar-refractivity contribution in [3.8, 4) is 11.6 Å². The maximum atomic E-state index is 5.84. The average Bonchev–Trinajstić information content (AvgIpc) is 2.25. The van der Waals surface area contributed by atoms with Crippen molar-refractivity contribution in [2.75, 3.05) is 5.32 Å². The predicted octanol–water partition coefficient (Wildman–Crippen LogP) is 4.70. The molecule has 0 amide bonds. The third-order valence-electron chi connectivity index (χ3n) is 2.64. The lowest BCUT2D eigenvalue weighted by molar-refractivity contribution is 0.462. The van der Waals surface area contributed by atoms with Gasteiger partial charge < -0.3 is 10.1 Å². The highest BCUT2D eigenvalue weighted by Gasteiger charge is 2.10. The fourth-order valence-corrected chi connectivity index (χ4v) is 2.04. The summed E-state index contributed by atoms with van der Waals surface area (Å²) >= 11 is 0. The van der Waals surface area contributed by atoms with Gasteiger partial charge in [0.25, 0.3) is 0 Å². The minimum absolute atomic E-state index is 0.0223. The minimum Gasteiger partial charge on any atom is -0.439 e. The number of hydrogen-bond acceptors (Lipinski definition) is 3. The van der Waals surface area contributed by atoms with Crippen molar-refractivity contribution in [3.63, 3.8) is 0 Å². The van der Waals surface area contributed by atoms with Gasteiger partial charge in [0.1, 0.15) is 11.6 Å². The molecule has 0 spiro atoms. The van der Waals surface area contributed by atoms with Gasteiger partial charge in [-0.3, -0.25) is 0 Å². The molecule has 0 radical (unpaired) electrons. The molecule has 2 rings (SSSR count). The molecule has 0 atom stereocenters. The van der Waals surface area contributed by atoms with Crippen LogP contribution in [0.1, 0.15) is 31.9 Å². The van der Waals surface area contributed by atoms with Crippen LogP contribution in [0.25, 0.3) is 0 Å². The summed E-state index contributed by atoms with van der Waals surface area (Å²) in [5.74, 6) is 2.24. The van der Waals surface area contributed by atoms with E-state index in [1.807, 2.05) is 30.3 Å². The molecule has 106 valence electrons. The molecular formula is C17H22N2O. The zero-order valence-corrected chi connectivity index (χ0v) is 12.8. The molecule has 0 aliphatic rings. The molecule has 1 aromatic carbocycles. The second-order valence-electron chi connectivity index (χ2n) is 6.16. The highest BCUT2D eigenvalue weighted by Crippen LogP contribution is 2.24. The van der Waals surface area contributed by atoms with Crippen molar-refractivity contribution in [3.05, 3.63) is 47.5 Å². The SMILES string of the molecule is Cc1cc(C)cc(Oc2cccc(NC(C)(C)C)n2)c1. The van der Waals surface area contributed by atoms with Gasteiger partial charge in [-0.25, -0.2) is 0 Å². The van der Waals surface area contributed by atoms with Gasteiger partial charge in [0.2, 0.25) is 5.88 Å². The first-order valence-corrected chi connectivity index (χ1v) is 6.83. The number of benzene rings is 1. The van der Waals surface area contributed by atoms with Gasteiger partial charge in [-0.15, -0.1) is 0 Å². The fourth-order valence-electron chi connectivity index (χ4n) is 2.04. The van der Waals surface area contributed by atoms with Crippen LogP contribution in [0.5, 0.6) is 11.6 Å². The summed E-state index contributed by atoms with van der Waals surface area (Å²) in [7, 11) is 0. The maximum absolute atomic E-state index is 5.84. The molecule has 0 saturated heterocycles. The average molecular weight is 270 g/mol. The van der Waals surface area contributed by atoms with Gasteiger partial charge in [0.05, 0.1) is 0 Å². The maximum Gasteiger partial charge on any atom is 0.221 e. The lowest BCUT2D eigenvalue weighted by Crippen LogP contribution is -2.26. The van der Waals surface area contributed by atoms with Crippen molar-refractivity contribution in [2.24, 2.45) is 0 Å². The van der Waals surface area contributed by atoms with Gasteiger partial charge >= 0.3 is 0 Å². The summed E-state index contributed by atoms with van der Waals surface area (Å²) in [6.45, 7) is 10.4. The van der Waals surface area contributed by atoms with Gasteiger partial charge in [-0.2, -0.15) is 4.98 Å². The number of pyridine rings is 1. The fraction of sp³-hybridized carbons (Fsp3) is 0.353. The van der Waals surface area contributed by atoms with Crippen LogP contribution in [-0.4, -0.2) is 10.5 Å². The van der Waals surface area contributed by atoms with Crippen LogP contribution in [0, 0.1) is 13.8 Å². The van der Waals surface area contributed by atoms with Crippen LogP contribution in [0.3, 0.4) is 0 Å². The van der Waals surface area contributed by atoms with E-state index in [4.69, 9.17) is 4.74 Å². The number of anilines is 1. The molecule has 0 saturated carbocycles. The van der Waals surface area contributed by atoms with E-state index in [1.165, 1.54) is 11.1 Å². The first-order valence-electron chi connectivity index (χ1n) is 6.83. The Morgan fingerprint density at radius 1 is 1.00 bits per heavy atom. The van der Waals surface area contributed by atoms with Crippen molar-refractivity contribution < 1.29 is 4.74 Å². The second-order valence-corrected chi connectivity index (χ2v) is 6.16. The van der Waals surface area contributed by atoms with Gasteiger partial charge in [-0.1, -0.05) is 12.1 Å². The number of nitrogens with zero attached hydrogens (tertiary/aromatic N) is 1. The van der Waals surface area contributed by atoms with Crippen molar-refractivity contribution in [1.82, 2.24) is 4.98 Å². The summed E-state index contributed by atoms with van der Waals surface area (Å²) in [4.78, 5) is 4.48. The standard InChI is InChI=1S/C17H22N2O/c1-12-9-13(2)11-14(10-12)20-16-8-6-7-15(18-16)19-17(3,4)5/h6-11H,1-5H3,(H,18,19). The summed E-state index contributed by atoms with van der Waals surface area (Å²) in [5, 5.41) is 3.34. The minimum atomic E-state index is -0.0223. The molecule has 0 aliphatic heterocycles. The molecule has 0 bridgehead atoms. The smallest absolute Gasteiger partial charge is 0.221 e. The lowest BCUT2D eigenvalue weighted by Gasteiger charge is -2.21. The van der Waals surface area contributed by atoms with Crippen LogP contribution in [-0.2, 0) is 0 Å². The molecule has 0 fully saturated rings. The lowest BCUT2D eigenvalue weighted by atomic mass is 10.1. The van der Waals surface area contributed by atoms with E-state index < -0.39 is 0 Å². The molecule has 2 aromatic rings.